The largest absolute Gasteiger partial charge is 0.486 e. The first kappa shape index (κ1) is 13.1. The van der Waals surface area contributed by atoms with E-state index in [9.17, 15) is 9.18 Å². The van der Waals surface area contributed by atoms with Crippen LogP contribution < -0.4 is 10.1 Å². The molecule has 1 fully saturated rings. The van der Waals surface area contributed by atoms with E-state index in [4.69, 9.17) is 4.74 Å². The van der Waals surface area contributed by atoms with Crippen LogP contribution in [-0.4, -0.2) is 11.9 Å². The van der Waals surface area contributed by atoms with Crippen LogP contribution in [0.4, 0.5) is 4.39 Å². The highest BCUT2D eigenvalue weighted by atomic mass is 32.1. The monoisotopic (exact) mass is 291 g/mol. The molecular formula is C15H14FNO2S. The van der Waals surface area contributed by atoms with Gasteiger partial charge in [-0.25, -0.2) is 4.39 Å². The number of ether oxygens (including phenoxy) is 1. The molecule has 1 aliphatic rings. The van der Waals surface area contributed by atoms with Crippen LogP contribution in [0.1, 0.15) is 28.1 Å². The fraction of sp³-hybridized carbons (Fsp3) is 0.267. The number of carbonyl (C=O) groups excluding carboxylic acids is 1. The predicted octanol–water partition coefficient (Wildman–Crippen LogP) is 3.36. The highest BCUT2D eigenvalue weighted by Crippen LogP contribution is 2.22. The summed E-state index contributed by atoms with van der Waals surface area (Å²) in [5.74, 6) is -0.188. The third-order valence-electron chi connectivity index (χ3n) is 3.02. The molecule has 1 heterocycles. The summed E-state index contributed by atoms with van der Waals surface area (Å²) in [5, 5.41) is 4.80. The van der Waals surface area contributed by atoms with Crippen molar-refractivity contribution in [1.29, 1.82) is 0 Å². The van der Waals surface area contributed by atoms with Crippen molar-refractivity contribution in [3.05, 3.63) is 52.0 Å². The van der Waals surface area contributed by atoms with Crippen molar-refractivity contribution in [3.63, 3.8) is 0 Å². The van der Waals surface area contributed by atoms with Gasteiger partial charge in [-0.15, -0.1) is 11.3 Å². The van der Waals surface area contributed by atoms with E-state index in [-0.39, 0.29) is 24.1 Å². The smallest absolute Gasteiger partial charge is 0.261 e. The Bertz CT molecular complexity index is 622. The molecule has 0 spiro atoms. The second kappa shape index (κ2) is 5.63. The maximum absolute atomic E-state index is 13.4. The summed E-state index contributed by atoms with van der Waals surface area (Å²) in [6, 6.07) is 8.43. The van der Waals surface area contributed by atoms with E-state index >= 15 is 0 Å². The maximum atomic E-state index is 13.4. The minimum absolute atomic E-state index is 0.0327. The number of benzene rings is 1. The van der Waals surface area contributed by atoms with Crippen molar-refractivity contribution >= 4 is 17.2 Å². The molecule has 2 aromatic rings. The Balaban J connectivity index is 1.59. The van der Waals surface area contributed by atoms with E-state index in [0.717, 1.165) is 18.4 Å². The highest BCUT2D eigenvalue weighted by Gasteiger charge is 2.24. The third kappa shape index (κ3) is 3.17. The predicted molar refractivity (Wildman–Crippen MR) is 75.5 cm³/mol. The highest BCUT2D eigenvalue weighted by molar-refractivity contribution is 7.12. The van der Waals surface area contributed by atoms with Crippen molar-refractivity contribution in [2.45, 2.75) is 25.5 Å². The maximum Gasteiger partial charge on any atom is 0.261 e. The lowest BCUT2D eigenvalue weighted by Crippen LogP contribution is -2.24. The third-order valence-corrected chi connectivity index (χ3v) is 4.00. The minimum Gasteiger partial charge on any atom is -0.486 e. The van der Waals surface area contributed by atoms with Crippen LogP contribution in [0.5, 0.6) is 5.75 Å². The normalized spacial score (nSPS) is 14.1. The lowest BCUT2D eigenvalue weighted by atomic mass is 10.3. The summed E-state index contributed by atoms with van der Waals surface area (Å²) < 4.78 is 18.8. The molecule has 1 aromatic heterocycles. The summed E-state index contributed by atoms with van der Waals surface area (Å²) in [7, 11) is 0. The van der Waals surface area contributed by atoms with E-state index < -0.39 is 0 Å². The standard InChI is InChI=1S/C15H14FNO2S/c16-12-3-1-2-4-13(12)19-8-10-7-14(20-9-10)15(18)17-11-5-6-11/h1-4,7,9,11H,5-6,8H2,(H,17,18). The molecule has 0 atom stereocenters. The van der Waals surface area contributed by atoms with Gasteiger partial charge in [-0.05, 0) is 36.4 Å². The molecule has 0 radical (unpaired) electrons. The molecule has 104 valence electrons. The average Bonchev–Trinajstić information content (AvgIpc) is 3.13. The molecule has 20 heavy (non-hydrogen) atoms. The SMILES string of the molecule is O=C(NC1CC1)c1cc(COc2ccccc2F)cs1. The number of carbonyl (C=O) groups is 1. The number of amides is 1. The topological polar surface area (TPSA) is 38.3 Å². The minimum atomic E-state index is -0.380. The Labute approximate surface area is 120 Å². The van der Waals surface area contributed by atoms with Gasteiger partial charge in [0.15, 0.2) is 11.6 Å². The molecule has 3 rings (SSSR count). The van der Waals surface area contributed by atoms with Gasteiger partial charge in [0.1, 0.15) is 6.61 Å². The van der Waals surface area contributed by atoms with Crippen molar-refractivity contribution in [2.24, 2.45) is 0 Å². The van der Waals surface area contributed by atoms with Crippen molar-refractivity contribution in [1.82, 2.24) is 5.32 Å². The Morgan fingerprint density at radius 2 is 2.20 bits per heavy atom. The van der Waals surface area contributed by atoms with Gasteiger partial charge in [-0.3, -0.25) is 4.79 Å². The Hall–Kier alpha value is -1.88. The van der Waals surface area contributed by atoms with E-state index in [1.165, 1.54) is 17.4 Å². The zero-order valence-electron chi connectivity index (χ0n) is 10.8. The average molecular weight is 291 g/mol. The summed E-state index contributed by atoms with van der Waals surface area (Å²) >= 11 is 1.38. The molecule has 0 unspecified atom stereocenters. The number of halogens is 1. The fourth-order valence-electron chi connectivity index (χ4n) is 1.78. The molecule has 0 bridgehead atoms. The summed E-state index contributed by atoms with van der Waals surface area (Å²) in [4.78, 5) is 12.5. The number of para-hydroxylation sites is 1. The number of rotatable bonds is 5. The van der Waals surface area contributed by atoms with Gasteiger partial charge in [0.2, 0.25) is 0 Å². The van der Waals surface area contributed by atoms with Crippen molar-refractivity contribution < 1.29 is 13.9 Å². The van der Waals surface area contributed by atoms with Crippen molar-refractivity contribution in [3.8, 4) is 5.75 Å². The lowest BCUT2D eigenvalue weighted by molar-refractivity contribution is 0.0955. The van der Waals surface area contributed by atoms with Crippen LogP contribution in [0.3, 0.4) is 0 Å². The van der Waals surface area contributed by atoms with Crippen LogP contribution in [0, 0.1) is 5.82 Å². The molecule has 1 N–H and O–H groups in total. The Morgan fingerprint density at radius 3 is 2.95 bits per heavy atom. The van der Waals surface area contributed by atoms with Gasteiger partial charge in [0, 0.05) is 11.6 Å². The first-order valence-corrected chi connectivity index (χ1v) is 7.36. The zero-order valence-corrected chi connectivity index (χ0v) is 11.6. The first-order chi connectivity index (χ1) is 9.72. The molecule has 1 amide bonds. The molecule has 0 saturated heterocycles. The quantitative estimate of drug-likeness (QED) is 0.917. The zero-order chi connectivity index (χ0) is 13.9. The number of nitrogens with one attached hydrogen (secondary N) is 1. The van der Waals surface area contributed by atoms with Crippen molar-refractivity contribution in [2.75, 3.05) is 0 Å². The molecule has 5 heteroatoms. The molecule has 1 aliphatic carbocycles. The van der Waals surface area contributed by atoms with E-state index in [1.807, 2.05) is 5.38 Å². The second-order valence-corrected chi connectivity index (χ2v) is 5.70. The van der Waals surface area contributed by atoms with Gasteiger partial charge in [0.05, 0.1) is 4.88 Å². The van der Waals surface area contributed by atoms with Gasteiger partial charge in [-0.2, -0.15) is 0 Å². The lowest BCUT2D eigenvalue weighted by Gasteiger charge is -2.05. The second-order valence-electron chi connectivity index (χ2n) is 4.79. The van der Waals surface area contributed by atoms with Gasteiger partial charge >= 0.3 is 0 Å². The van der Waals surface area contributed by atoms with Crippen LogP contribution >= 0.6 is 11.3 Å². The van der Waals surface area contributed by atoms with Gasteiger partial charge in [-0.1, -0.05) is 12.1 Å². The van der Waals surface area contributed by atoms with Gasteiger partial charge < -0.3 is 10.1 Å². The Kier molecular flexibility index (Phi) is 3.69. The number of hydrogen-bond donors (Lipinski definition) is 1. The molecule has 1 saturated carbocycles. The summed E-state index contributed by atoms with van der Waals surface area (Å²) in [5.41, 5.74) is 0.874. The first-order valence-electron chi connectivity index (χ1n) is 6.48. The van der Waals surface area contributed by atoms with Crippen LogP contribution in [0.2, 0.25) is 0 Å². The van der Waals surface area contributed by atoms with E-state index in [0.29, 0.717) is 10.9 Å². The molecular weight excluding hydrogens is 277 g/mol. The van der Waals surface area contributed by atoms with Crippen LogP contribution in [-0.2, 0) is 6.61 Å². The molecule has 0 aliphatic heterocycles. The van der Waals surface area contributed by atoms with E-state index in [2.05, 4.69) is 5.32 Å². The van der Waals surface area contributed by atoms with E-state index in [1.54, 1.807) is 24.3 Å². The molecule has 3 nitrogen and oxygen atoms in total. The Morgan fingerprint density at radius 1 is 1.40 bits per heavy atom. The van der Waals surface area contributed by atoms with Gasteiger partial charge in [0.25, 0.3) is 5.91 Å². The van der Waals surface area contributed by atoms with Crippen LogP contribution in [0.15, 0.2) is 35.7 Å². The molecule has 1 aromatic carbocycles. The fourth-order valence-corrected chi connectivity index (χ4v) is 2.58. The number of thiophene rings is 1. The summed E-state index contributed by atoms with van der Waals surface area (Å²) in [6.45, 7) is 0.258. The number of hydrogen-bond acceptors (Lipinski definition) is 3. The van der Waals surface area contributed by atoms with Crippen LogP contribution in [0.25, 0.3) is 0 Å². The summed E-state index contributed by atoms with van der Waals surface area (Å²) in [6.07, 6.45) is 2.14.